The number of aryl methyl sites for hydroxylation is 1. The standard InChI is InChI=1S/C16H25NO/c1-12(2)14-8-7-13(3)16(10-14)18-11-15-6-4-5-9-17-15/h7-8,10,12,15,17H,4-6,9,11H2,1-3H3. The van der Waals surface area contributed by atoms with E-state index in [9.17, 15) is 0 Å². The van der Waals surface area contributed by atoms with Crippen LogP contribution in [0.3, 0.4) is 0 Å². The zero-order chi connectivity index (χ0) is 13.0. The predicted molar refractivity (Wildman–Crippen MR) is 76.4 cm³/mol. The topological polar surface area (TPSA) is 21.3 Å². The fraction of sp³-hybridized carbons (Fsp3) is 0.625. The number of hydrogen-bond acceptors (Lipinski definition) is 2. The van der Waals surface area contributed by atoms with E-state index in [4.69, 9.17) is 4.74 Å². The van der Waals surface area contributed by atoms with Gasteiger partial charge in [0.25, 0.3) is 0 Å². The van der Waals surface area contributed by atoms with E-state index in [2.05, 4.69) is 44.3 Å². The summed E-state index contributed by atoms with van der Waals surface area (Å²) in [6.45, 7) is 8.49. The molecule has 1 unspecified atom stereocenters. The van der Waals surface area contributed by atoms with Crippen molar-refractivity contribution in [1.82, 2.24) is 5.32 Å². The molecule has 1 aliphatic heterocycles. The van der Waals surface area contributed by atoms with Crippen LogP contribution in [0, 0.1) is 6.92 Å². The van der Waals surface area contributed by atoms with E-state index < -0.39 is 0 Å². The fourth-order valence-electron chi connectivity index (χ4n) is 2.39. The fourth-order valence-corrected chi connectivity index (χ4v) is 2.39. The Morgan fingerprint density at radius 1 is 1.33 bits per heavy atom. The Kier molecular flexibility index (Phi) is 4.65. The first-order chi connectivity index (χ1) is 8.66. The molecule has 0 aliphatic carbocycles. The second-order valence-corrected chi connectivity index (χ2v) is 5.64. The minimum Gasteiger partial charge on any atom is -0.492 e. The summed E-state index contributed by atoms with van der Waals surface area (Å²) >= 11 is 0. The third kappa shape index (κ3) is 3.49. The van der Waals surface area contributed by atoms with Crippen molar-refractivity contribution in [1.29, 1.82) is 0 Å². The van der Waals surface area contributed by atoms with Crippen LogP contribution in [0.1, 0.15) is 50.2 Å². The van der Waals surface area contributed by atoms with E-state index in [0.29, 0.717) is 12.0 Å². The molecular formula is C16H25NO. The van der Waals surface area contributed by atoms with Crippen molar-refractivity contribution in [2.24, 2.45) is 0 Å². The summed E-state index contributed by atoms with van der Waals surface area (Å²) in [4.78, 5) is 0. The van der Waals surface area contributed by atoms with Gasteiger partial charge in [0.05, 0.1) is 0 Å². The summed E-state index contributed by atoms with van der Waals surface area (Å²) in [6, 6.07) is 7.09. The molecule has 1 heterocycles. The van der Waals surface area contributed by atoms with Crippen LogP contribution in [0.2, 0.25) is 0 Å². The van der Waals surface area contributed by atoms with Crippen molar-refractivity contribution in [2.45, 2.75) is 52.0 Å². The molecule has 1 aromatic rings. The van der Waals surface area contributed by atoms with E-state index in [1.165, 1.54) is 30.4 Å². The molecule has 1 saturated heterocycles. The van der Waals surface area contributed by atoms with Gasteiger partial charge >= 0.3 is 0 Å². The van der Waals surface area contributed by atoms with E-state index >= 15 is 0 Å². The lowest BCUT2D eigenvalue weighted by Gasteiger charge is -2.24. The molecule has 2 rings (SSSR count). The highest BCUT2D eigenvalue weighted by Crippen LogP contribution is 2.24. The van der Waals surface area contributed by atoms with Gasteiger partial charge in [-0.05, 0) is 49.4 Å². The van der Waals surface area contributed by atoms with Crippen LogP contribution in [0.5, 0.6) is 5.75 Å². The van der Waals surface area contributed by atoms with E-state index in [0.717, 1.165) is 18.9 Å². The molecule has 0 aromatic heterocycles. The molecule has 1 aliphatic rings. The van der Waals surface area contributed by atoms with Gasteiger partial charge in [0.15, 0.2) is 0 Å². The van der Waals surface area contributed by atoms with Crippen LogP contribution in [0.15, 0.2) is 18.2 Å². The molecule has 0 amide bonds. The maximum atomic E-state index is 6.00. The Labute approximate surface area is 111 Å². The first-order valence-electron chi connectivity index (χ1n) is 7.13. The molecule has 1 fully saturated rings. The molecule has 1 N–H and O–H groups in total. The van der Waals surface area contributed by atoms with Crippen LogP contribution in [-0.4, -0.2) is 19.2 Å². The Morgan fingerprint density at radius 3 is 2.83 bits per heavy atom. The second kappa shape index (κ2) is 6.24. The lowest BCUT2D eigenvalue weighted by Crippen LogP contribution is -2.38. The molecule has 0 radical (unpaired) electrons. The normalized spacial score (nSPS) is 20.1. The SMILES string of the molecule is Cc1ccc(C(C)C)cc1OCC1CCCCN1. The Morgan fingerprint density at radius 2 is 2.17 bits per heavy atom. The summed E-state index contributed by atoms with van der Waals surface area (Å²) in [5.74, 6) is 1.61. The molecule has 2 nitrogen and oxygen atoms in total. The minimum atomic E-state index is 0.529. The quantitative estimate of drug-likeness (QED) is 0.877. The second-order valence-electron chi connectivity index (χ2n) is 5.64. The lowest BCUT2D eigenvalue weighted by atomic mass is 10.0. The largest absolute Gasteiger partial charge is 0.492 e. The molecule has 100 valence electrons. The molecule has 2 heteroatoms. The average Bonchev–Trinajstić information content (AvgIpc) is 2.38. The number of ether oxygens (including phenoxy) is 1. The summed E-state index contributed by atoms with van der Waals surface area (Å²) in [6.07, 6.45) is 3.87. The van der Waals surface area contributed by atoms with Gasteiger partial charge in [-0.1, -0.05) is 32.4 Å². The van der Waals surface area contributed by atoms with Crippen molar-refractivity contribution in [3.05, 3.63) is 29.3 Å². The van der Waals surface area contributed by atoms with Crippen LogP contribution in [0.4, 0.5) is 0 Å². The van der Waals surface area contributed by atoms with Crippen LogP contribution < -0.4 is 10.1 Å². The number of benzene rings is 1. The molecule has 0 spiro atoms. The number of nitrogens with one attached hydrogen (secondary N) is 1. The van der Waals surface area contributed by atoms with Crippen molar-refractivity contribution in [2.75, 3.05) is 13.2 Å². The minimum absolute atomic E-state index is 0.529. The molecule has 0 bridgehead atoms. The van der Waals surface area contributed by atoms with Crippen LogP contribution >= 0.6 is 0 Å². The molecular weight excluding hydrogens is 222 g/mol. The van der Waals surface area contributed by atoms with Crippen molar-refractivity contribution >= 4 is 0 Å². The smallest absolute Gasteiger partial charge is 0.122 e. The summed E-state index contributed by atoms with van der Waals surface area (Å²) < 4.78 is 6.00. The van der Waals surface area contributed by atoms with Crippen molar-refractivity contribution in [3.63, 3.8) is 0 Å². The maximum Gasteiger partial charge on any atom is 0.122 e. The zero-order valence-electron chi connectivity index (χ0n) is 11.8. The average molecular weight is 247 g/mol. The molecule has 18 heavy (non-hydrogen) atoms. The Hall–Kier alpha value is -1.02. The van der Waals surface area contributed by atoms with Crippen LogP contribution in [-0.2, 0) is 0 Å². The van der Waals surface area contributed by atoms with Gasteiger partial charge in [0.1, 0.15) is 12.4 Å². The van der Waals surface area contributed by atoms with Crippen LogP contribution in [0.25, 0.3) is 0 Å². The van der Waals surface area contributed by atoms with E-state index in [1.54, 1.807) is 0 Å². The van der Waals surface area contributed by atoms with Gasteiger partial charge in [-0.2, -0.15) is 0 Å². The summed E-state index contributed by atoms with van der Waals surface area (Å²) in [7, 11) is 0. The molecule has 1 atom stereocenters. The molecule has 1 aromatic carbocycles. The third-order valence-electron chi connectivity index (χ3n) is 3.73. The Bertz CT molecular complexity index is 381. The van der Waals surface area contributed by atoms with Gasteiger partial charge in [0, 0.05) is 6.04 Å². The van der Waals surface area contributed by atoms with Gasteiger partial charge in [0.2, 0.25) is 0 Å². The predicted octanol–water partition coefficient (Wildman–Crippen LogP) is 3.64. The first-order valence-corrected chi connectivity index (χ1v) is 7.13. The van der Waals surface area contributed by atoms with Gasteiger partial charge in [-0.3, -0.25) is 0 Å². The lowest BCUT2D eigenvalue weighted by molar-refractivity contribution is 0.237. The van der Waals surface area contributed by atoms with Crippen molar-refractivity contribution in [3.8, 4) is 5.75 Å². The first kappa shape index (κ1) is 13.4. The highest BCUT2D eigenvalue weighted by Gasteiger charge is 2.13. The maximum absolute atomic E-state index is 6.00. The Balaban J connectivity index is 1.97. The van der Waals surface area contributed by atoms with Gasteiger partial charge in [-0.25, -0.2) is 0 Å². The zero-order valence-corrected chi connectivity index (χ0v) is 11.8. The number of rotatable bonds is 4. The third-order valence-corrected chi connectivity index (χ3v) is 3.73. The van der Waals surface area contributed by atoms with E-state index in [1.807, 2.05) is 0 Å². The van der Waals surface area contributed by atoms with E-state index in [-0.39, 0.29) is 0 Å². The van der Waals surface area contributed by atoms with Gasteiger partial charge in [-0.15, -0.1) is 0 Å². The molecule has 0 saturated carbocycles. The highest BCUT2D eigenvalue weighted by atomic mass is 16.5. The van der Waals surface area contributed by atoms with Crippen molar-refractivity contribution < 1.29 is 4.74 Å². The summed E-state index contributed by atoms with van der Waals surface area (Å²) in [5, 5.41) is 3.52. The monoisotopic (exact) mass is 247 g/mol. The number of hydrogen-bond donors (Lipinski definition) is 1. The van der Waals surface area contributed by atoms with Gasteiger partial charge < -0.3 is 10.1 Å². The number of piperidine rings is 1. The highest BCUT2D eigenvalue weighted by molar-refractivity contribution is 5.37. The summed E-state index contributed by atoms with van der Waals surface area (Å²) in [5.41, 5.74) is 2.59.